The molecule has 0 saturated carbocycles. The van der Waals surface area contributed by atoms with Crippen LogP contribution < -0.4 is 0 Å². The first-order valence-electron chi connectivity index (χ1n) is 7.77. The Morgan fingerprint density at radius 3 is 2.81 bits per heavy atom. The first-order valence-corrected chi connectivity index (χ1v) is 7.77. The van der Waals surface area contributed by atoms with Crippen molar-refractivity contribution in [3.8, 4) is 0 Å². The number of carbonyl (C=O) groups is 2. The summed E-state index contributed by atoms with van der Waals surface area (Å²) in [6, 6.07) is 0. The maximum Gasteiger partial charge on any atom is 0.308 e. The number of piperidine rings is 1. The smallest absolute Gasteiger partial charge is 0.308 e. The molecule has 2 atom stereocenters. The molecule has 0 aromatic carbocycles. The minimum absolute atomic E-state index is 0.167. The lowest BCUT2D eigenvalue weighted by Gasteiger charge is -2.35. The van der Waals surface area contributed by atoms with Crippen LogP contribution in [0.25, 0.3) is 0 Å². The summed E-state index contributed by atoms with van der Waals surface area (Å²) in [5, 5.41) is 0. The van der Waals surface area contributed by atoms with Crippen LogP contribution in [0.3, 0.4) is 0 Å². The van der Waals surface area contributed by atoms with E-state index in [9.17, 15) is 9.59 Å². The van der Waals surface area contributed by atoms with Gasteiger partial charge >= 0.3 is 5.97 Å². The summed E-state index contributed by atoms with van der Waals surface area (Å²) in [6.45, 7) is 6.28. The molecule has 21 heavy (non-hydrogen) atoms. The van der Waals surface area contributed by atoms with E-state index in [-0.39, 0.29) is 24.4 Å². The standard InChI is InChI=1S/C15H26N2O4/c1-12-4-3-5-17(9-12)14(18)11-16-6-7-21-13(10-16)8-15(19)20-2/h12-13H,3-11H2,1-2H3. The van der Waals surface area contributed by atoms with Gasteiger partial charge in [-0.15, -0.1) is 0 Å². The lowest BCUT2D eigenvalue weighted by molar-refractivity contribution is -0.146. The predicted octanol–water partition coefficient (Wildman–Crippen LogP) is 0.509. The van der Waals surface area contributed by atoms with Crippen molar-refractivity contribution in [3.63, 3.8) is 0 Å². The van der Waals surface area contributed by atoms with Gasteiger partial charge in [-0.05, 0) is 18.8 Å². The zero-order chi connectivity index (χ0) is 15.2. The molecule has 2 rings (SSSR count). The van der Waals surface area contributed by atoms with E-state index in [2.05, 4.69) is 16.6 Å². The Morgan fingerprint density at radius 2 is 2.10 bits per heavy atom. The van der Waals surface area contributed by atoms with Gasteiger partial charge in [0.05, 0.1) is 32.8 Å². The van der Waals surface area contributed by atoms with Crippen LogP contribution in [-0.2, 0) is 19.1 Å². The number of nitrogens with zero attached hydrogens (tertiary/aromatic N) is 2. The summed E-state index contributed by atoms with van der Waals surface area (Å²) in [5.74, 6) is 0.526. The summed E-state index contributed by atoms with van der Waals surface area (Å²) in [4.78, 5) is 27.7. The molecular formula is C15H26N2O4. The number of carbonyl (C=O) groups excluding carboxylic acids is 2. The van der Waals surface area contributed by atoms with Gasteiger partial charge in [0.25, 0.3) is 0 Å². The van der Waals surface area contributed by atoms with Crippen molar-refractivity contribution < 1.29 is 19.1 Å². The molecule has 6 nitrogen and oxygen atoms in total. The SMILES string of the molecule is COC(=O)CC1CN(CC(=O)N2CCCC(C)C2)CCO1. The number of esters is 1. The number of likely N-dealkylation sites (tertiary alicyclic amines) is 1. The second kappa shape index (κ2) is 7.75. The van der Waals surface area contributed by atoms with E-state index in [1.807, 2.05) is 4.90 Å². The van der Waals surface area contributed by atoms with Crippen molar-refractivity contribution in [3.05, 3.63) is 0 Å². The maximum absolute atomic E-state index is 12.3. The normalized spacial score (nSPS) is 27.4. The first-order chi connectivity index (χ1) is 10.1. The van der Waals surface area contributed by atoms with E-state index in [0.717, 1.165) is 26.1 Å². The van der Waals surface area contributed by atoms with E-state index in [4.69, 9.17) is 4.74 Å². The molecule has 2 saturated heterocycles. The fourth-order valence-electron chi connectivity index (χ4n) is 3.02. The number of amides is 1. The molecule has 1 amide bonds. The average molecular weight is 298 g/mol. The van der Waals surface area contributed by atoms with Crippen LogP contribution in [0.5, 0.6) is 0 Å². The Balaban J connectivity index is 1.78. The Morgan fingerprint density at radius 1 is 1.29 bits per heavy atom. The van der Waals surface area contributed by atoms with Gasteiger partial charge in [0.2, 0.25) is 5.91 Å². The molecule has 0 aromatic heterocycles. The number of methoxy groups -OCH3 is 1. The Kier molecular flexibility index (Phi) is 5.99. The van der Waals surface area contributed by atoms with Crippen LogP contribution in [0.1, 0.15) is 26.2 Å². The van der Waals surface area contributed by atoms with E-state index in [0.29, 0.717) is 25.6 Å². The van der Waals surface area contributed by atoms with Gasteiger partial charge in [-0.3, -0.25) is 14.5 Å². The summed E-state index contributed by atoms with van der Waals surface area (Å²) < 4.78 is 10.2. The first kappa shape index (κ1) is 16.2. The monoisotopic (exact) mass is 298 g/mol. The minimum Gasteiger partial charge on any atom is -0.469 e. The van der Waals surface area contributed by atoms with Crippen molar-refractivity contribution >= 4 is 11.9 Å². The Bertz CT molecular complexity index is 375. The fourth-order valence-corrected chi connectivity index (χ4v) is 3.02. The van der Waals surface area contributed by atoms with Crippen molar-refractivity contribution in [1.29, 1.82) is 0 Å². The third-order valence-electron chi connectivity index (χ3n) is 4.21. The zero-order valence-electron chi connectivity index (χ0n) is 13.0. The second-order valence-corrected chi connectivity index (χ2v) is 6.10. The predicted molar refractivity (Wildman–Crippen MR) is 77.8 cm³/mol. The highest BCUT2D eigenvalue weighted by atomic mass is 16.5. The molecule has 120 valence electrons. The number of rotatable bonds is 4. The highest BCUT2D eigenvalue weighted by Crippen LogP contribution is 2.16. The number of morpholine rings is 1. The largest absolute Gasteiger partial charge is 0.469 e. The number of ether oxygens (including phenoxy) is 2. The fraction of sp³-hybridized carbons (Fsp3) is 0.867. The van der Waals surface area contributed by atoms with Crippen LogP contribution >= 0.6 is 0 Å². The topological polar surface area (TPSA) is 59.1 Å². The Labute approximate surface area is 126 Å². The van der Waals surface area contributed by atoms with Crippen molar-refractivity contribution in [1.82, 2.24) is 9.80 Å². The molecule has 2 unspecified atom stereocenters. The lowest BCUT2D eigenvalue weighted by atomic mass is 10.0. The quantitative estimate of drug-likeness (QED) is 0.708. The van der Waals surface area contributed by atoms with Crippen LogP contribution in [0.2, 0.25) is 0 Å². The molecule has 0 spiro atoms. The summed E-state index contributed by atoms with van der Waals surface area (Å²) in [6.07, 6.45) is 2.39. The lowest BCUT2D eigenvalue weighted by Crippen LogP contribution is -2.49. The van der Waals surface area contributed by atoms with Crippen molar-refractivity contribution in [2.45, 2.75) is 32.3 Å². The van der Waals surface area contributed by atoms with Gasteiger partial charge in [0.1, 0.15) is 0 Å². The van der Waals surface area contributed by atoms with Gasteiger partial charge in [-0.1, -0.05) is 6.92 Å². The van der Waals surface area contributed by atoms with Gasteiger partial charge in [-0.25, -0.2) is 0 Å². The number of hydrogen-bond donors (Lipinski definition) is 0. The third kappa shape index (κ3) is 4.97. The molecule has 2 aliphatic heterocycles. The van der Waals surface area contributed by atoms with Crippen LogP contribution in [0, 0.1) is 5.92 Å². The molecule has 6 heteroatoms. The molecule has 0 aromatic rings. The highest BCUT2D eigenvalue weighted by molar-refractivity contribution is 5.78. The van der Waals surface area contributed by atoms with E-state index >= 15 is 0 Å². The highest BCUT2D eigenvalue weighted by Gasteiger charge is 2.27. The third-order valence-corrected chi connectivity index (χ3v) is 4.21. The maximum atomic E-state index is 12.3. The van der Waals surface area contributed by atoms with E-state index < -0.39 is 0 Å². The van der Waals surface area contributed by atoms with Gasteiger partial charge in [0, 0.05) is 26.2 Å². The second-order valence-electron chi connectivity index (χ2n) is 6.10. The van der Waals surface area contributed by atoms with Crippen molar-refractivity contribution in [2.75, 3.05) is 46.4 Å². The van der Waals surface area contributed by atoms with Crippen LogP contribution in [0.4, 0.5) is 0 Å². The average Bonchev–Trinajstić information content (AvgIpc) is 2.47. The molecule has 2 aliphatic rings. The van der Waals surface area contributed by atoms with Gasteiger partial charge in [-0.2, -0.15) is 0 Å². The molecule has 2 fully saturated rings. The van der Waals surface area contributed by atoms with Gasteiger partial charge in [0.15, 0.2) is 0 Å². The summed E-state index contributed by atoms with van der Waals surface area (Å²) >= 11 is 0. The molecule has 0 radical (unpaired) electrons. The molecule has 0 aliphatic carbocycles. The molecule has 0 bridgehead atoms. The van der Waals surface area contributed by atoms with Crippen LogP contribution in [0.15, 0.2) is 0 Å². The molecule has 2 heterocycles. The Hall–Kier alpha value is -1.14. The van der Waals surface area contributed by atoms with E-state index in [1.165, 1.54) is 13.5 Å². The summed E-state index contributed by atoms with van der Waals surface area (Å²) in [5.41, 5.74) is 0. The molecular weight excluding hydrogens is 272 g/mol. The number of hydrogen-bond acceptors (Lipinski definition) is 5. The summed E-state index contributed by atoms with van der Waals surface area (Å²) in [7, 11) is 1.38. The zero-order valence-corrected chi connectivity index (χ0v) is 13.0. The van der Waals surface area contributed by atoms with Crippen molar-refractivity contribution in [2.24, 2.45) is 5.92 Å². The molecule has 0 N–H and O–H groups in total. The van der Waals surface area contributed by atoms with Gasteiger partial charge < -0.3 is 14.4 Å². The van der Waals surface area contributed by atoms with Crippen LogP contribution in [-0.4, -0.2) is 74.2 Å². The minimum atomic E-state index is -0.266. The van der Waals surface area contributed by atoms with E-state index in [1.54, 1.807) is 0 Å².